The number of benzene rings is 1. The van der Waals surface area contributed by atoms with Crippen LogP contribution in [0, 0.1) is 5.92 Å². The third kappa shape index (κ3) is 6.47. The number of anilines is 3. The van der Waals surface area contributed by atoms with Gasteiger partial charge in [0.1, 0.15) is 21.5 Å². The molecule has 0 aliphatic carbocycles. The van der Waals surface area contributed by atoms with E-state index in [9.17, 15) is 13.5 Å². The molecule has 0 spiro atoms. The molecule has 4 aromatic rings. The lowest BCUT2D eigenvalue weighted by atomic mass is 9.88. The van der Waals surface area contributed by atoms with Crippen LogP contribution in [0.4, 0.5) is 17.3 Å². The number of fused-ring (bicyclic) bond motifs is 1. The molecule has 1 aliphatic heterocycles. The number of nitrogens with zero attached hydrogens (tertiary/aromatic N) is 6. The largest absolute Gasteiger partial charge is 0.389 e. The average molecular weight is 598 g/mol. The molecular formula is C29H36ClN7O3S. The summed E-state index contributed by atoms with van der Waals surface area (Å²) in [4.78, 5) is 16.0. The first-order valence-corrected chi connectivity index (χ1v) is 16.0. The molecule has 0 amide bonds. The molecule has 4 heterocycles. The van der Waals surface area contributed by atoms with E-state index in [2.05, 4.69) is 58.2 Å². The van der Waals surface area contributed by atoms with Gasteiger partial charge in [-0.2, -0.15) is 5.10 Å². The number of sulfone groups is 1. The van der Waals surface area contributed by atoms with Gasteiger partial charge in [0.25, 0.3) is 0 Å². The molecule has 1 fully saturated rings. The summed E-state index contributed by atoms with van der Waals surface area (Å²) in [5.41, 5.74) is 1.88. The van der Waals surface area contributed by atoms with Crippen LogP contribution in [0.1, 0.15) is 46.1 Å². The molecule has 1 saturated heterocycles. The number of aromatic nitrogens is 5. The Balaban J connectivity index is 1.43. The molecule has 0 unspecified atom stereocenters. The van der Waals surface area contributed by atoms with Gasteiger partial charge in [0, 0.05) is 54.4 Å². The van der Waals surface area contributed by atoms with Gasteiger partial charge in [-0.1, -0.05) is 31.5 Å². The Hall–Kier alpha value is -3.28. The van der Waals surface area contributed by atoms with E-state index in [1.54, 1.807) is 37.0 Å². The molecule has 0 saturated carbocycles. The van der Waals surface area contributed by atoms with E-state index in [0.29, 0.717) is 35.5 Å². The highest BCUT2D eigenvalue weighted by atomic mass is 35.5. The fraction of sp³-hybridized carbons (Fsp3) is 0.448. The van der Waals surface area contributed by atoms with Gasteiger partial charge in [-0.25, -0.2) is 23.4 Å². The molecule has 10 nitrogen and oxygen atoms in total. The van der Waals surface area contributed by atoms with E-state index in [1.807, 2.05) is 12.3 Å². The zero-order valence-electron chi connectivity index (χ0n) is 24.1. The van der Waals surface area contributed by atoms with E-state index in [-0.39, 0.29) is 29.4 Å². The molecule has 2 N–H and O–H groups in total. The topological polar surface area (TPSA) is 126 Å². The summed E-state index contributed by atoms with van der Waals surface area (Å²) >= 11 is 6.38. The minimum absolute atomic E-state index is 0.112. The second kappa shape index (κ2) is 10.8. The van der Waals surface area contributed by atoms with Crippen LogP contribution in [-0.4, -0.2) is 68.5 Å². The third-order valence-corrected chi connectivity index (χ3v) is 8.70. The summed E-state index contributed by atoms with van der Waals surface area (Å²) in [6.07, 6.45) is 6.54. The highest BCUT2D eigenvalue weighted by molar-refractivity contribution is 7.90. The molecule has 1 aromatic carbocycles. The molecule has 5 rings (SSSR count). The Kier molecular flexibility index (Phi) is 7.73. The summed E-state index contributed by atoms with van der Waals surface area (Å²) < 4.78 is 25.3. The first kappa shape index (κ1) is 29.2. The van der Waals surface area contributed by atoms with Crippen molar-refractivity contribution in [2.45, 2.75) is 58.7 Å². The Bertz CT molecular complexity index is 1700. The average Bonchev–Trinajstić information content (AvgIpc) is 3.23. The Morgan fingerprint density at radius 2 is 1.93 bits per heavy atom. The van der Waals surface area contributed by atoms with Crippen LogP contribution in [-0.2, 0) is 16.4 Å². The quantitative estimate of drug-likeness (QED) is 0.272. The molecule has 12 heteroatoms. The molecule has 1 aliphatic rings. The number of pyridine rings is 1. The first-order chi connectivity index (χ1) is 19.2. The SMILES string of the molecule is CC(C)c1ccc(N2C[C@H](CS(C)(=O)=O)[C@H]2C)c2cnc(Nc3ccnc(-c4cn(CC(C)(C)O)nc4Cl)n3)cc12. The highest BCUT2D eigenvalue weighted by Gasteiger charge is 2.38. The predicted octanol–water partition coefficient (Wildman–Crippen LogP) is 5.05. The summed E-state index contributed by atoms with van der Waals surface area (Å²) in [5.74, 6) is 2.20. The van der Waals surface area contributed by atoms with Crippen molar-refractivity contribution >= 4 is 49.5 Å². The fourth-order valence-corrected chi connectivity index (χ4v) is 6.76. The van der Waals surface area contributed by atoms with Crippen molar-refractivity contribution in [3.05, 3.63) is 53.6 Å². The van der Waals surface area contributed by atoms with Gasteiger partial charge in [0.05, 0.1) is 23.5 Å². The van der Waals surface area contributed by atoms with Crippen LogP contribution in [0.5, 0.6) is 0 Å². The van der Waals surface area contributed by atoms with Gasteiger partial charge in [0.15, 0.2) is 11.0 Å². The number of hydrogen-bond donors (Lipinski definition) is 2. The summed E-state index contributed by atoms with van der Waals surface area (Å²) in [6.45, 7) is 10.8. The molecular weight excluding hydrogens is 562 g/mol. The predicted molar refractivity (Wildman–Crippen MR) is 164 cm³/mol. The van der Waals surface area contributed by atoms with Crippen molar-refractivity contribution in [3.8, 4) is 11.4 Å². The number of nitrogens with one attached hydrogen (secondary N) is 1. The van der Waals surface area contributed by atoms with Gasteiger partial charge >= 0.3 is 0 Å². The number of halogens is 1. The summed E-state index contributed by atoms with van der Waals surface area (Å²) in [6, 6.07) is 8.18. The van der Waals surface area contributed by atoms with E-state index in [1.165, 1.54) is 11.8 Å². The molecule has 41 heavy (non-hydrogen) atoms. The van der Waals surface area contributed by atoms with Crippen LogP contribution in [0.3, 0.4) is 0 Å². The lowest BCUT2D eigenvalue weighted by Crippen LogP contribution is -2.57. The fourth-order valence-electron chi connectivity index (χ4n) is 5.37. The smallest absolute Gasteiger partial charge is 0.166 e. The van der Waals surface area contributed by atoms with Crippen LogP contribution < -0.4 is 10.2 Å². The number of hydrogen-bond acceptors (Lipinski definition) is 9. The number of aliphatic hydroxyl groups is 1. The van der Waals surface area contributed by atoms with Crippen molar-refractivity contribution < 1.29 is 13.5 Å². The van der Waals surface area contributed by atoms with Crippen LogP contribution in [0.15, 0.2) is 42.9 Å². The van der Waals surface area contributed by atoms with Gasteiger partial charge in [-0.15, -0.1) is 0 Å². The normalized spacial score (nSPS) is 17.7. The number of rotatable bonds is 9. The van der Waals surface area contributed by atoms with E-state index >= 15 is 0 Å². The standard InChI is InChI=1S/C29H36ClN7O3S/c1-17(2)20-7-8-24(37-13-19(18(37)3)15-41(6,39)40)22-12-32-26(11-21(20)22)33-25-9-10-31-28(34-25)23-14-36(35-27(23)30)16-29(4,5)38/h7-12,14,17-19,38H,13,15-16H2,1-6H3,(H,31,32,33,34)/t18-,19-/m1/s1. The Labute approximate surface area is 245 Å². The summed E-state index contributed by atoms with van der Waals surface area (Å²) in [5, 5.41) is 20.1. The minimum atomic E-state index is -3.03. The maximum Gasteiger partial charge on any atom is 0.166 e. The monoisotopic (exact) mass is 597 g/mol. The van der Waals surface area contributed by atoms with Crippen molar-refractivity contribution in [2.75, 3.05) is 28.8 Å². The Morgan fingerprint density at radius 1 is 1.17 bits per heavy atom. The molecule has 0 bridgehead atoms. The third-order valence-electron chi connectivity index (χ3n) is 7.38. The lowest BCUT2D eigenvalue weighted by molar-refractivity contribution is 0.0578. The maximum atomic E-state index is 11.8. The van der Waals surface area contributed by atoms with E-state index in [4.69, 9.17) is 16.6 Å². The van der Waals surface area contributed by atoms with Crippen molar-refractivity contribution in [3.63, 3.8) is 0 Å². The van der Waals surface area contributed by atoms with Crippen LogP contribution in [0.2, 0.25) is 5.15 Å². The minimum Gasteiger partial charge on any atom is -0.389 e. The molecule has 0 radical (unpaired) electrons. The second-order valence-corrected chi connectivity index (χ2v) is 14.5. The zero-order chi connectivity index (χ0) is 29.7. The van der Waals surface area contributed by atoms with Crippen molar-refractivity contribution in [2.24, 2.45) is 5.92 Å². The van der Waals surface area contributed by atoms with Crippen LogP contribution >= 0.6 is 11.6 Å². The zero-order valence-corrected chi connectivity index (χ0v) is 25.7. The van der Waals surface area contributed by atoms with Crippen LogP contribution in [0.25, 0.3) is 22.2 Å². The van der Waals surface area contributed by atoms with E-state index in [0.717, 1.165) is 16.5 Å². The maximum absolute atomic E-state index is 11.8. The first-order valence-electron chi connectivity index (χ1n) is 13.6. The summed E-state index contributed by atoms with van der Waals surface area (Å²) in [7, 11) is -3.03. The second-order valence-electron chi connectivity index (χ2n) is 11.9. The van der Waals surface area contributed by atoms with E-state index < -0.39 is 15.4 Å². The van der Waals surface area contributed by atoms with Crippen molar-refractivity contribution in [1.82, 2.24) is 24.7 Å². The molecule has 3 aromatic heterocycles. The Morgan fingerprint density at radius 3 is 2.59 bits per heavy atom. The van der Waals surface area contributed by atoms with Gasteiger partial charge in [-0.05, 0) is 55.8 Å². The highest BCUT2D eigenvalue weighted by Crippen LogP contribution is 2.39. The van der Waals surface area contributed by atoms with Gasteiger partial charge in [-0.3, -0.25) is 4.68 Å². The molecule has 2 atom stereocenters. The molecule has 218 valence electrons. The lowest BCUT2D eigenvalue weighted by Gasteiger charge is -2.48. The van der Waals surface area contributed by atoms with Gasteiger partial charge in [0.2, 0.25) is 0 Å². The van der Waals surface area contributed by atoms with Crippen molar-refractivity contribution in [1.29, 1.82) is 0 Å². The van der Waals surface area contributed by atoms with Gasteiger partial charge < -0.3 is 15.3 Å².